The Balaban J connectivity index is 1.69. The van der Waals surface area contributed by atoms with Crippen molar-refractivity contribution in [3.63, 3.8) is 0 Å². The average Bonchev–Trinajstić information content (AvgIpc) is 2.91. The van der Waals surface area contributed by atoms with Crippen LogP contribution in [0, 0.1) is 13.8 Å². The molecule has 0 aromatic heterocycles. The molecule has 0 aliphatic carbocycles. The van der Waals surface area contributed by atoms with Crippen LogP contribution in [0.4, 0.5) is 5.69 Å². The lowest BCUT2D eigenvalue weighted by molar-refractivity contribution is -0.128. The van der Waals surface area contributed by atoms with Gasteiger partial charge in [0.05, 0.1) is 30.3 Å². The van der Waals surface area contributed by atoms with Gasteiger partial charge in [0, 0.05) is 0 Å². The minimum atomic E-state index is -3.97. The van der Waals surface area contributed by atoms with E-state index in [2.05, 4.69) is 46.0 Å². The number of anilines is 1. The van der Waals surface area contributed by atoms with Crippen molar-refractivity contribution in [3.05, 3.63) is 82.4 Å². The van der Waals surface area contributed by atoms with Crippen LogP contribution in [0.5, 0.6) is 11.5 Å². The molecule has 0 spiro atoms. The van der Waals surface area contributed by atoms with Gasteiger partial charge in [-0.2, -0.15) is 0 Å². The summed E-state index contributed by atoms with van der Waals surface area (Å²) in [6, 6.07) is 16.0. The summed E-state index contributed by atoms with van der Waals surface area (Å²) in [6.07, 6.45) is -1.03. The van der Waals surface area contributed by atoms with Crippen LogP contribution in [0.3, 0.4) is 0 Å². The maximum atomic E-state index is 14.0. The third kappa shape index (κ3) is 6.22. The number of fused-ring (bicyclic) bond motifs is 1. The molecule has 1 aliphatic rings. The number of sulfonamides is 1. The fourth-order valence-electron chi connectivity index (χ4n) is 5.11. The lowest BCUT2D eigenvalue weighted by atomic mass is 9.86. The van der Waals surface area contributed by atoms with Crippen molar-refractivity contribution in [2.45, 2.75) is 83.8 Å². The van der Waals surface area contributed by atoms with E-state index in [0.29, 0.717) is 11.4 Å². The van der Waals surface area contributed by atoms with Crippen molar-refractivity contribution < 1.29 is 22.7 Å². The molecule has 8 heteroatoms. The van der Waals surface area contributed by atoms with Gasteiger partial charge in [-0.1, -0.05) is 58.4 Å². The maximum Gasteiger partial charge on any atom is 0.264 e. The van der Waals surface area contributed by atoms with Crippen molar-refractivity contribution in [1.29, 1.82) is 0 Å². The minimum absolute atomic E-state index is 0.145. The molecular formula is C33H42N2O5S. The second-order valence-electron chi connectivity index (χ2n) is 12.2. The number of nitrogens with one attached hydrogen (secondary N) is 1. The molecule has 3 aromatic rings. The molecular weight excluding hydrogens is 536 g/mol. The monoisotopic (exact) mass is 578 g/mol. The Morgan fingerprint density at radius 2 is 1.66 bits per heavy atom. The van der Waals surface area contributed by atoms with E-state index in [4.69, 9.17) is 9.47 Å². The van der Waals surface area contributed by atoms with Crippen molar-refractivity contribution in [2.75, 3.05) is 18.0 Å². The van der Waals surface area contributed by atoms with Crippen LogP contribution in [-0.4, -0.2) is 34.1 Å². The summed E-state index contributed by atoms with van der Waals surface area (Å²) in [7, 11) is -2.31. The minimum Gasteiger partial charge on any atom is -0.496 e. The largest absolute Gasteiger partial charge is 0.496 e. The van der Waals surface area contributed by atoms with Gasteiger partial charge >= 0.3 is 0 Å². The van der Waals surface area contributed by atoms with Gasteiger partial charge in [0.15, 0.2) is 6.10 Å². The lowest BCUT2D eigenvalue weighted by Gasteiger charge is -2.36. The summed E-state index contributed by atoms with van der Waals surface area (Å²) in [5, 5.41) is 3.07. The zero-order valence-corrected chi connectivity index (χ0v) is 26.3. The quantitative estimate of drug-likeness (QED) is 0.343. The Labute approximate surface area is 244 Å². The Morgan fingerprint density at radius 3 is 2.24 bits per heavy atom. The Kier molecular flexibility index (Phi) is 8.46. The molecule has 0 radical (unpaired) electrons. The molecule has 1 heterocycles. The second kappa shape index (κ2) is 11.4. The van der Waals surface area contributed by atoms with Crippen molar-refractivity contribution in [2.24, 2.45) is 0 Å². The highest BCUT2D eigenvalue weighted by Gasteiger charge is 2.38. The normalized spacial score (nSPS) is 16.1. The smallest absolute Gasteiger partial charge is 0.264 e. The van der Waals surface area contributed by atoms with Crippen LogP contribution in [0.25, 0.3) is 0 Å². The highest BCUT2D eigenvalue weighted by Crippen LogP contribution is 2.40. The SMILES string of the molecule is COc1cc(C)c(C(C)NC(=O)C2CN(S(=O)(=O)c3ccc(C)cc3)c3cc(C(C)(C)C)ccc3O2)cc1C(C)C. The fraction of sp³-hybridized carbons (Fsp3) is 0.424. The Morgan fingerprint density at radius 1 is 1.00 bits per heavy atom. The van der Waals surface area contributed by atoms with E-state index in [0.717, 1.165) is 33.6 Å². The summed E-state index contributed by atoms with van der Waals surface area (Å²) in [6.45, 7) is 16.1. The highest BCUT2D eigenvalue weighted by atomic mass is 32.2. The van der Waals surface area contributed by atoms with Gasteiger partial charge in [-0.25, -0.2) is 8.42 Å². The number of ether oxygens (including phenoxy) is 2. The molecule has 0 fully saturated rings. The van der Waals surface area contributed by atoms with E-state index in [1.54, 1.807) is 37.4 Å². The number of methoxy groups -OCH3 is 1. The topological polar surface area (TPSA) is 84.9 Å². The van der Waals surface area contributed by atoms with E-state index in [1.165, 1.54) is 4.31 Å². The Hall–Kier alpha value is -3.52. The van der Waals surface area contributed by atoms with Gasteiger partial charge < -0.3 is 14.8 Å². The molecule has 7 nitrogen and oxygen atoms in total. The third-order valence-corrected chi connectivity index (χ3v) is 9.46. The molecule has 0 bridgehead atoms. The number of amides is 1. The van der Waals surface area contributed by atoms with Crippen LogP contribution in [0.1, 0.15) is 81.3 Å². The molecule has 0 saturated carbocycles. The summed E-state index contributed by atoms with van der Waals surface area (Å²) >= 11 is 0. The number of carbonyl (C=O) groups is 1. The van der Waals surface area contributed by atoms with Crippen molar-refractivity contribution in [3.8, 4) is 11.5 Å². The highest BCUT2D eigenvalue weighted by molar-refractivity contribution is 7.92. The Bertz CT molecular complexity index is 1540. The first-order valence-corrected chi connectivity index (χ1v) is 15.5. The van der Waals surface area contributed by atoms with Crippen LogP contribution in [-0.2, 0) is 20.2 Å². The fourth-order valence-corrected chi connectivity index (χ4v) is 6.58. The van der Waals surface area contributed by atoms with Crippen LogP contribution in [0.15, 0.2) is 59.5 Å². The molecule has 1 N–H and O–H groups in total. The first-order valence-electron chi connectivity index (χ1n) is 14.0. The van der Waals surface area contributed by atoms with Crippen LogP contribution >= 0.6 is 0 Å². The first-order chi connectivity index (χ1) is 19.1. The number of rotatable bonds is 7. The van der Waals surface area contributed by atoms with E-state index < -0.39 is 16.1 Å². The molecule has 220 valence electrons. The molecule has 2 atom stereocenters. The molecule has 3 aromatic carbocycles. The standard InChI is InChI=1S/C33H42N2O5S/c1-20(2)26-18-27(22(4)16-30(26)39-9)23(5)34-32(36)31-19-35(41(37,38)25-13-10-21(3)11-14-25)28-17-24(33(6,7)8)12-15-29(28)40-31/h10-18,20,23,31H,19H2,1-9H3,(H,34,36). The van der Waals surface area contributed by atoms with Gasteiger partial charge in [-0.05, 0) is 90.8 Å². The summed E-state index contributed by atoms with van der Waals surface area (Å²) < 4.78 is 41.0. The van der Waals surface area contributed by atoms with Gasteiger partial charge in [-0.3, -0.25) is 9.10 Å². The molecule has 1 aliphatic heterocycles. The zero-order chi connectivity index (χ0) is 30.3. The summed E-state index contributed by atoms with van der Waals surface area (Å²) in [5.41, 5.74) is 5.18. The van der Waals surface area contributed by atoms with E-state index in [-0.39, 0.29) is 34.7 Å². The van der Waals surface area contributed by atoms with Crippen LogP contribution < -0.4 is 19.1 Å². The molecule has 0 saturated heterocycles. The summed E-state index contributed by atoms with van der Waals surface area (Å²) in [4.78, 5) is 13.8. The summed E-state index contributed by atoms with van der Waals surface area (Å²) in [5.74, 6) is 1.03. The van der Waals surface area contributed by atoms with Crippen molar-refractivity contribution >= 4 is 21.6 Å². The molecule has 1 amide bonds. The van der Waals surface area contributed by atoms with Gasteiger partial charge in [0.2, 0.25) is 0 Å². The second-order valence-corrected chi connectivity index (χ2v) is 14.1. The number of aryl methyl sites for hydroxylation is 2. The molecule has 4 rings (SSSR count). The van der Waals surface area contributed by atoms with E-state index in [9.17, 15) is 13.2 Å². The number of benzene rings is 3. The number of nitrogens with zero attached hydrogens (tertiary/aromatic N) is 1. The average molecular weight is 579 g/mol. The van der Waals surface area contributed by atoms with Gasteiger partial charge in [0.1, 0.15) is 11.5 Å². The third-order valence-electron chi connectivity index (χ3n) is 7.66. The maximum absolute atomic E-state index is 14.0. The molecule has 2 unspecified atom stereocenters. The predicted molar refractivity (Wildman–Crippen MR) is 164 cm³/mol. The van der Waals surface area contributed by atoms with Crippen molar-refractivity contribution in [1.82, 2.24) is 5.32 Å². The predicted octanol–water partition coefficient (Wildman–Crippen LogP) is 6.57. The first kappa shape index (κ1) is 30.4. The van der Waals surface area contributed by atoms with Gasteiger partial charge in [0.25, 0.3) is 15.9 Å². The van der Waals surface area contributed by atoms with Gasteiger partial charge in [-0.15, -0.1) is 0 Å². The number of carbonyl (C=O) groups excluding carboxylic acids is 1. The lowest BCUT2D eigenvalue weighted by Crippen LogP contribution is -2.51. The van der Waals surface area contributed by atoms with E-state index >= 15 is 0 Å². The number of hydrogen-bond acceptors (Lipinski definition) is 5. The van der Waals surface area contributed by atoms with Crippen LogP contribution in [0.2, 0.25) is 0 Å². The van der Waals surface area contributed by atoms with E-state index in [1.807, 2.05) is 39.0 Å². The molecule has 41 heavy (non-hydrogen) atoms. The number of hydrogen-bond donors (Lipinski definition) is 1. The zero-order valence-electron chi connectivity index (χ0n) is 25.5.